The second-order valence-electron chi connectivity index (χ2n) is 5.74. The molecule has 2 aromatic carbocycles. The third-order valence-electron chi connectivity index (χ3n) is 3.78. The van der Waals surface area contributed by atoms with Crippen LogP contribution in [0.2, 0.25) is 5.02 Å². The first kappa shape index (κ1) is 18.4. The Bertz CT molecular complexity index is 982. The lowest BCUT2D eigenvalue weighted by atomic mass is 10.1. The summed E-state index contributed by atoms with van der Waals surface area (Å²) in [6, 6.07) is 17.9. The highest BCUT2D eigenvalue weighted by Crippen LogP contribution is 2.13. The second kappa shape index (κ2) is 8.79. The van der Waals surface area contributed by atoms with E-state index in [1.807, 2.05) is 30.3 Å². The summed E-state index contributed by atoms with van der Waals surface area (Å²) in [5.74, 6) is 0.219. The number of nitrogens with zero attached hydrogens (tertiary/aromatic N) is 3. The Hall–Kier alpha value is -3.43. The Morgan fingerprint density at radius 3 is 2.67 bits per heavy atom. The molecule has 2 N–H and O–H groups in total. The molecule has 1 heterocycles. The van der Waals surface area contributed by atoms with E-state index in [0.29, 0.717) is 28.6 Å². The van der Waals surface area contributed by atoms with Gasteiger partial charge in [-0.05, 0) is 48.4 Å². The van der Waals surface area contributed by atoms with E-state index in [4.69, 9.17) is 16.9 Å². The van der Waals surface area contributed by atoms with E-state index in [-0.39, 0.29) is 11.6 Å². The molecule has 0 aliphatic rings. The third-order valence-corrected chi connectivity index (χ3v) is 4.02. The van der Waals surface area contributed by atoms with Crippen LogP contribution in [0.25, 0.3) is 0 Å². The van der Waals surface area contributed by atoms with Crippen molar-refractivity contribution in [2.45, 2.75) is 6.42 Å². The van der Waals surface area contributed by atoms with Gasteiger partial charge in [0.1, 0.15) is 17.8 Å². The van der Waals surface area contributed by atoms with Crippen molar-refractivity contribution in [1.29, 1.82) is 5.26 Å². The van der Waals surface area contributed by atoms with Crippen LogP contribution in [-0.4, -0.2) is 22.4 Å². The monoisotopic (exact) mass is 377 g/mol. The van der Waals surface area contributed by atoms with Crippen LogP contribution >= 0.6 is 11.6 Å². The molecule has 3 aromatic rings. The first-order chi connectivity index (χ1) is 13.1. The average Bonchev–Trinajstić information content (AvgIpc) is 2.69. The van der Waals surface area contributed by atoms with Gasteiger partial charge in [0.2, 0.25) is 0 Å². The summed E-state index contributed by atoms with van der Waals surface area (Å²) < 4.78 is 0. The lowest BCUT2D eigenvalue weighted by Gasteiger charge is -2.08. The average molecular weight is 378 g/mol. The molecule has 0 spiro atoms. The maximum atomic E-state index is 12.3. The van der Waals surface area contributed by atoms with Crippen molar-refractivity contribution < 1.29 is 4.79 Å². The number of aromatic nitrogens is 2. The molecular weight excluding hydrogens is 362 g/mol. The topological polar surface area (TPSA) is 90.7 Å². The third kappa shape index (κ3) is 5.27. The first-order valence-electron chi connectivity index (χ1n) is 8.26. The Balaban J connectivity index is 1.58. The summed E-state index contributed by atoms with van der Waals surface area (Å²) in [4.78, 5) is 20.5. The van der Waals surface area contributed by atoms with E-state index in [1.54, 1.807) is 30.3 Å². The van der Waals surface area contributed by atoms with Crippen molar-refractivity contribution in [3.63, 3.8) is 0 Å². The summed E-state index contributed by atoms with van der Waals surface area (Å²) in [6.45, 7) is 0.647. The number of carbonyl (C=O) groups is 1. The van der Waals surface area contributed by atoms with E-state index >= 15 is 0 Å². The van der Waals surface area contributed by atoms with Gasteiger partial charge < -0.3 is 10.6 Å². The van der Waals surface area contributed by atoms with E-state index < -0.39 is 0 Å². The van der Waals surface area contributed by atoms with Gasteiger partial charge in [-0.3, -0.25) is 4.79 Å². The molecule has 0 fully saturated rings. The molecule has 7 heteroatoms. The van der Waals surface area contributed by atoms with Gasteiger partial charge in [-0.1, -0.05) is 23.7 Å². The van der Waals surface area contributed by atoms with Crippen LogP contribution in [0.15, 0.2) is 60.9 Å². The number of benzene rings is 2. The molecule has 0 bridgehead atoms. The minimum atomic E-state index is -0.347. The summed E-state index contributed by atoms with van der Waals surface area (Å²) in [5.41, 5.74) is 2.48. The number of rotatable bonds is 6. The summed E-state index contributed by atoms with van der Waals surface area (Å²) >= 11 is 5.98. The molecular formula is C20H16ClN5O. The quantitative estimate of drug-likeness (QED) is 0.679. The van der Waals surface area contributed by atoms with Crippen molar-refractivity contribution in [1.82, 2.24) is 9.97 Å². The van der Waals surface area contributed by atoms with Gasteiger partial charge in [0, 0.05) is 23.3 Å². The molecule has 134 valence electrons. The largest absolute Gasteiger partial charge is 0.370 e. The fourth-order valence-corrected chi connectivity index (χ4v) is 2.64. The molecule has 3 rings (SSSR count). The van der Waals surface area contributed by atoms with E-state index in [1.165, 1.54) is 6.33 Å². The van der Waals surface area contributed by atoms with E-state index in [0.717, 1.165) is 12.0 Å². The highest BCUT2D eigenvalue weighted by atomic mass is 35.5. The van der Waals surface area contributed by atoms with Gasteiger partial charge in [-0.25, -0.2) is 9.97 Å². The van der Waals surface area contributed by atoms with Crippen LogP contribution in [0.4, 0.5) is 11.5 Å². The van der Waals surface area contributed by atoms with Crippen LogP contribution in [0.3, 0.4) is 0 Å². The molecule has 1 amide bonds. The van der Waals surface area contributed by atoms with Gasteiger partial charge in [0.15, 0.2) is 0 Å². The molecule has 0 saturated heterocycles. The van der Waals surface area contributed by atoms with Crippen molar-refractivity contribution >= 4 is 29.0 Å². The zero-order chi connectivity index (χ0) is 19.1. The number of anilines is 2. The van der Waals surface area contributed by atoms with Crippen molar-refractivity contribution in [2.75, 3.05) is 17.2 Å². The Labute approximate surface area is 161 Å². The summed E-state index contributed by atoms with van der Waals surface area (Å²) in [7, 11) is 0. The Kier molecular flexibility index (Phi) is 5.98. The predicted molar refractivity (Wildman–Crippen MR) is 105 cm³/mol. The lowest BCUT2D eigenvalue weighted by Crippen LogP contribution is -2.15. The van der Waals surface area contributed by atoms with Crippen molar-refractivity contribution in [3.8, 4) is 6.07 Å². The van der Waals surface area contributed by atoms with E-state index in [2.05, 4.69) is 20.6 Å². The fraction of sp³-hybridized carbons (Fsp3) is 0.100. The zero-order valence-corrected chi connectivity index (χ0v) is 15.1. The Morgan fingerprint density at radius 2 is 1.93 bits per heavy atom. The molecule has 1 aromatic heterocycles. The highest BCUT2D eigenvalue weighted by molar-refractivity contribution is 6.30. The maximum absolute atomic E-state index is 12.3. The van der Waals surface area contributed by atoms with E-state index in [9.17, 15) is 4.79 Å². The minimum absolute atomic E-state index is 0.250. The van der Waals surface area contributed by atoms with Gasteiger partial charge in [0.25, 0.3) is 5.91 Å². The van der Waals surface area contributed by atoms with Crippen molar-refractivity contribution in [3.05, 3.63) is 82.8 Å². The van der Waals surface area contributed by atoms with Crippen LogP contribution in [0.5, 0.6) is 0 Å². The number of hydrogen-bond donors (Lipinski definition) is 2. The number of nitriles is 1. The van der Waals surface area contributed by atoms with Crippen LogP contribution < -0.4 is 10.6 Å². The summed E-state index contributed by atoms with van der Waals surface area (Å²) in [5, 5.41) is 15.4. The molecule has 6 nitrogen and oxygen atoms in total. The number of nitrogens with one attached hydrogen (secondary N) is 2. The highest BCUT2D eigenvalue weighted by Gasteiger charge is 2.09. The molecule has 0 aliphatic heterocycles. The van der Waals surface area contributed by atoms with Gasteiger partial charge in [-0.2, -0.15) is 5.26 Å². The van der Waals surface area contributed by atoms with Crippen LogP contribution in [0, 0.1) is 11.3 Å². The molecule has 0 unspecified atom stereocenters. The predicted octanol–water partition coefficient (Wildman–Crippen LogP) is 3.91. The number of carbonyl (C=O) groups excluding carboxylic acids is 1. The standard InChI is InChI=1S/C20H16ClN5O/c21-16-3-1-2-14(10-16)8-9-23-19-11-18(24-13-25-19)20(27)26-17-6-4-15(12-22)5-7-17/h1-7,10-11,13H,8-9H2,(H,26,27)(H,23,24,25). The zero-order valence-electron chi connectivity index (χ0n) is 14.3. The first-order valence-corrected chi connectivity index (χ1v) is 8.64. The maximum Gasteiger partial charge on any atom is 0.274 e. The molecule has 0 aliphatic carbocycles. The van der Waals surface area contributed by atoms with Crippen LogP contribution in [0.1, 0.15) is 21.6 Å². The fourth-order valence-electron chi connectivity index (χ4n) is 2.43. The second-order valence-corrected chi connectivity index (χ2v) is 6.17. The molecule has 27 heavy (non-hydrogen) atoms. The van der Waals surface area contributed by atoms with Crippen LogP contribution in [-0.2, 0) is 6.42 Å². The molecule has 0 radical (unpaired) electrons. The van der Waals surface area contributed by atoms with Crippen molar-refractivity contribution in [2.24, 2.45) is 0 Å². The smallest absolute Gasteiger partial charge is 0.274 e. The number of amides is 1. The molecule has 0 atom stereocenters. The van der Waals surface area contributed by atoms with Gasteiger partial charge in [-0.15, -0.1) is 0 Å². The Morgan fingerprint density at radius 1 is 1.11 bits per heavy atom. The summed E-state index contributed by atoms with van der Waals surface area (Å²) in [6.07, 6.45) is 2.12. The minimum Gasteiger partial charge on any atom is -0.370 e. The number of hydrogen-bond acceptors (Lipinski definition) is 5. The normalized spacial score (nSPS) is 10.1. The number of halogens is 1. The molecule has 0 saturated carbocycles. The van der Waals surface area contributed by atoms with Gasteiger partial charge >= 0.3 is 0 Å². The SMILES string of the molecule is N#Cc1ccc(NC(=O)c2cc(NCCc3cccc(Cl)c3)ncn2)cc1. The van der Waals surface area contributed by atoms with Gasteiger partial charge in [0.05, 0.1) is 11.6 Å². The lowest BCUT2D eigenvalue weighted by molar-refractivity contribution is 0.102.